The van der Waals surface area contributed by atoms with Crippen LogP contribution < -0.4 is 4.72 Å². The number of rotatable bonds is 4. The van der Waals surface area contributed by atoms with Crippen LogP contribution in [0.2, 0.25) is 0 Å². The minimum absolute atomic E-state index is 0.116. The maximum atomic E-state index is 12.6. The van der Waals surface area contributed by atoms with Gasteiger partial charge < -0.3 is 4.42 Å². The minimum Gasteiger partial charge on any atom is -0.460 e. The molecule has 0 bridgehead atoms. The summed E-state index contributed by atoms with van der Waals surface area (Å²) in [7, 11) is -3.71. The van der Waals surface area contributed by atoms with Crippen molar-refractivity contribution in [2.75, 3.05) is 4.72 Å². The van der Waals surface area contributed by atoms with Crippen LogP contribution >= 0.6 is 0 Å². The highest BCUT2D eigenvalue weighted by molar-refractivity contribution is 7.92. The molecule has 3 aromatic rings. The summed E-state index contributed by atoms with van der Waals surface area (Å²) in [5.74, 6) is 0.415. The van der Waals surface area contributed by atoms with Gasteiger partial charge in [-0.15, -0.1) is 0 Å². The Morgan fingerprint density at radius 2 is 1.68 bits per heavy atom. The van der Waals surface area contributed by atoms with E-state index in [9.17, 15) is 13.2 Å². The van der Waals surface area contributed by atoms with Crippen molar-refractivity contribution in [3.63, 3.8) is 0 Å². The summed E-state index contributed by atoms with van der Waals surface area (Å²) in [6.07, 6.45) is 0. The monoisotopic (exact) mass is 357 g/mol. The van der Waals surface area contributed by atoms with Gasteiger partial charge in [0.2, 0.25) is 0 Å². The van der Waals surface area contributed by atoms with Crippen LogP contribution in [0.1, 0.15) is 34.2 Å². The number of hydrogen-bond donors (Lipinski definition) is 1. The molecule has 0 radical (unpaired) electrons. The Labute approximate surface area is 146 Å². The van der Waals surface area contributed by atoms with Crippen LogP contribution in [-0.4, -0.2) is 14.2 Å². The Kier molecular flexibility index (Phi) is 4.16. The first-order chi connectivity index (χ1) is 11.7. The summed E-state index contributed by atoms with van der Waals surface area (Å²) < 4.78 is 33.4. The van der Waals surface area contributed by atoms with Gasteiger partial charge in [-0.3, -0.25) is 9.52 Å². The molecule has 0 saturated heterocycles. The van der Waals surface area contributed by atoms with Crippen LogP contribution in [0.25, 0.3) is 11.0 Å². The Morgan fingerprint density at radius 3 is 2.28 bits per heavy atom. The SMILES string of the molecule is CC(=O)c1c(C)oc2c(C)cc(NS(=O)(=O)c3ccc(C)cc3)cc12. The second-order valence-electron chi connectivity index (χ2n) is 6.18. The van der Waals surface area contributed by atoms with Crippen molar-refractivity contribution in [3.05, 3.63) is 58.8 Å². The number of anilines is 1. The summed E-state index contributed by atoms with van der Waals surface area (Å²) in [5.41, 5.74) is 3.22. The minimum atomic E-state index is -3.71. The second-order valence-corrected chi connectivity index (χ2v) is 7.86. The molecule has 0 aliphatic rings. The maximum Gasteiger partial charge on any atom is 0.261 e. The Bertz CT molecular complexity index is 1080. The van der Waals surface area contributed by atoms with E-state index in [1.54, 1.807) is 43.3 Å². The van der Waals surface area contributed by atoms with Gasteiger partial charge in [0, 0.05) is 11.1 Å². The van der Waals surface area contributed by atoms with Crippen LogP contribution in [0.4, 0.5) is 5.69 Å². The number of furan rings is 1. The van der Waals surface area contributed by atoms with Gasteiger partial charge in [-0.05, 0) is 57.5 Å². The molecule has 5 nitrogen and oxygen atoms in total. The van der Waals surface area contributed by atoms with Gasteiger partial charge in [0.25, 0.3) is 10.0 Å². The van der Waals surface area contributed by atoms with E-state index in [-0.39, 0.29) is 10.7 Å². The lowest BCUT2D eigenvalue weighted by Gasteiger charge is -2.10. The summed E-state index contributed by atoms with van der Waals surface area (Å²) in [5, 5.41) is 0.617. The van der Waals surface area contributed by atoms with E-state index in [0.717, 1.165) is 11.1 Å². The fourth-order valence-electron chi connectivity index (χ4n) is 2.92. The third kappa shape index (κ3) is 3.17. The van der Waals surface area contributed by atoms with E-state index in [2.05, 4.69) is 4.72 Å². The first-order valence-electron chi connectivity index (χ1n) is 7.83. The zero-order valence-electron chi connectivity index (χ0n) is 14.5. The zero-order chi connectivity index (χ0) is 18.4. The lowest BCUT2D eigenvalue weighted by Crippen LogP contribution is -2.13. The maximum absolute atomic E-state index is 12.6. The molecule has 130 valence electrons. The van der Waals surface area contributed by atoms with Crippen molar-refractivity contribution in [3.8, 4) is 0 Å². The van der Waals surface area contributed by atoms with E-state index in [4.69, 9.17) is 4.42 Å². The number of ketones is 1. The van der Waals surface area contributed by atoms with Crippen molar-refractivity contribution in [2.45, 2.75) is 32.6 Å². The lowest BCUT2D eigenvalue weighted by molar-refractivity contribution is 0.101. The van der Waals surface area contributed by atoms with Gasteiger partial charge in [-0.2, -0.15) is 0 Å². The van der Waals surface area contributed by atoms with Crippen LogP contribution in [-0.2, 0) is 10.0 Å². The number of carbonyl (C=O) groups is 1. The van der Waals surface area contributed by atoms with Gasteiger partial charge >= 0.3 is 0 Å². The number of fused-ring (bicyclic) bond motifs is 1. The topological polar surface area (TPSA) is 76.4 Å². The van der Waals surface area contributed by atoms with Crippen LogP contribution in [0.3, 0.4) is 0 Å². The quantitative estimate of drug-likeness (QED) is 0.704. The molecule has 1 N–H and O–H groups in total. The van der Waals surface area contributed by atoms with E-state index in [1.165, 1.54) is 6.92 Å². The summed E-state index contributed by atoms with van der Waals surface area (Å²) in [6.45, 7) is 6.91. The average molecular weight is 357 g/mol. The van der Waals surface area contributed by atoms with E-state index in [1.807, 2.05) is 13.8 Å². The molecule has 0 saturated carbocycles. The molecule has 0 unspecified atom stereocenters. The summed E-state index contributed by atoms with van der Waals surface area (Å²) in [6, 6.07) is 9.95. The Balaban J connectivity index is 2.09. The summed E-state index contributed by atoms with van der Waals surface area (Å²) in [4.78, 5) is 12.1. The molecule has 6 heteroatoms. The third-order valence-electron chi connectivity index (χ3n) is 4.09. The number of hydrogen-bond acceptors (Lipinski definition) is 4. The second kappa shape index (κ2) is 6.04. The first-order valence-corrected chi connectivity index (χ1v) is 9.31. The normalized spacial score (nSPS) is 11.7. The predicted molar refractivity (Wildman–Crippen MR) is 97.7 cm³/mol. The molecule has 0 fully saturated rings. The van der Waals surface area contributed by atoms with Crippen molar-refractivity contribution in [1.29, 1.82) is 0 Å². The Hall–Kier alpha value is -2.60. The van der Waals surface area contributed by atoms with Gasteiger partial charge in [-0.25, -0.2) is 8.42 Å². The standard InChI is InChI=1S/C19H19NO4S/c1-11-5-7-16(8-6-11)25(22,23)20-15-9-12(2)19-17(10-15)18(13(3)21)14(4)24-19/h5-10,20H,1-4H3. The van der Waals surface area contributed by atoms with Gasteiger partial charge in [0.1, 0.15) is 11.3 Å². The molecular weight excluding hydrogens is 338 g/mol. The Morgan fingerprint density at radius 1 is 1.04 bits per heavy atom. The molecule has 0 aliphatic heterocycles. The van der Waals surface area contributed by atoms with Crippen LogP contribution in [0.5, 0.6) is 0 Å². The highest BCUT2D eigenvalue weighted by atomic mass is 32.2. The molecule has 0 spiro atoms. The molecule has 2 aromatic carbocycles. The van der Waals surface area contributed by atoms with E-state index >= 15 is 0 Å². The molecule has 0 aliphatic carbocycles. The molecule has 0 atom stereocenters. The van der Waals surface area contributed by atoms with Crippen LogP contribution in [0.15, 0.2) is 45.7 Å². The number of benzene rings is 2. The van der Waals surface area contributed by atoms with Crippen molar-refractivity contribution >= 4 is 32.5 Å². The number of aryl methyl sites for hydroxylation is 3. The number of sulfonamides is 1. The zero-order valence-corrected chi connectivity index (χ0v) is 15.3. The smallest absolute Gasteiger partial charge is 0.261 e. The highest BCUT2D eigenvalue weighted by Crippen LogP contribution is 2.32. The number of nitrogens with one attached hydrogen (secondary N) is 1. The predicted octanol–water partition coefficient (Wildman–Crippen LogP) is 4.36. The third-order valence-corrected chi connectivity index (χ3v) is 5.48. The average Bonchev–Trinajstić information content (AvgIpc) is 2.84. The van der Waals surface area contributed by atoms with Crippen molar-refractivity contribution < 1.29 is 17.6 Å². The van der Waals surface area contributed by atoms with Gasteiger partial charge in [0.15, 0.2) is 5.78 Å². The van der Waals surface area contributed by atoms with E-state index in [0.29, 0.717) is 28.0 Å². The molecule has 3 rings (SSSR count). The fourth-order valence-corrected chi connectivity index (χ4v) is 3.96. The van der Waals surface area contributed by atoms with E-state index < -0.39 is 10.0 Å². The van der Waals surface area contributed by atoms with Gasteiger partial charge in [0.05, 0.1) is 10.5 Å². The van der Waals surface area contributed by atoms with Crippen LogP contribution in [0, 0.1) is 20.8 Å². The molecule has 25 heavy (non-hydrogen) atoms. The largest absolute Gasteiger partial charge is 0.460 e. The highest BCUT2D eigenvalue weighted by Gasteiger charge is 2.19. The lowest BCUT2D eigenvalue weighted by atomic mass is 10.0. The van der Waals surface area contributed by atoms with Crippen molar-refractivity contribution in [2.24, 2.45) is 0 Å². The molecule has 1 aromatic heterocycles. The number of carbonyl (C=O) groups excluding carboxylic acids is 1. The van der Waals surface area contributed by atoms with Gasteiger partial charge in [-0.1, -0.05) is 17.7 Å². The fraction of sp³-hybridized carbons (Fsp3) is 0.211. The molecular formula is C19H19NO4S. The first kappa shape index (κ1) is 17.2. The van der Waals surface area contributed by atoms with Crippen molar-refractivity contribution in [1.82, 2.24) is 0 Å². The number of Topliss-reactive ketones (excluding diaryl/α,β-unsaturated/α-hetero) is 1. The molecule has 0 amide bonds. The molecule has 1 heterocycles. The summed E-state index contributed by atoms with van der Waals surface area (Å²) >= 11 is 0.